The van der Waals surface area contributed by atoms with Crippen molar-refractivity contribution in [1.29, 1.82) is 0 Å². The Hall–Kier alpha value is -0.930. The average Bonchev–Trinajstić information content (AvgIpc) is 2.00. The van der Waals surface area contributed by atoms with Gasteiger partial charge in [-0.05, 0) is 31.0 Å². The molecule has 0 bridgehead atoms. The Morgan fingerprint density at radius 1 is 1.33 bits per heavy atom. The van der Waals surface area contributed by atoms with Crippen molar-refractivity contribution in [3.05, 3.63) is 47.5 Å². The Bertz CT molecular complexity index is 332. The summed E-state index contributed by atoms with van der Waals surface area (Å²) in [5, 5.41) is 0. The smallest absolute Gasteiger partial charge is 0.126 e. The van der Waals surface area contributed by atoms with Gasteiger partial charge in [0.15, 0.2) is 0 Å². The normalized spacial score (nSPS) is 11.7. The highest BCUT2D eigenvalue weighted by atomic mass is 35.5. The molecule has 0 radical (unpaired) electrons. The van der Waals surface area contributed by atoms with E-state index < -0.39 is 17.7 Å². The van der Waals surface area contributed by atoms with Crippen LogP contribution in [0.4, 0.5) is 8.78 Å². The van der Waals surface area contributed by atoms with Gasteiger partial charge in [0.2, 0.25) is 0 Å². The molecule has 0 unspecified atom stereocenters. The number of benzene rings is 1. The predicted octanol–water partition coefficient (Wildman–Crippen LogP) is 3.35. The highest BCUT2D eigenvalue weighted by Crippen LogP contribution is 2.19. The van der Waals surface area contributed by atoms with Crippen LogP contribution in [0.5, 0.6) is 0 Å². The predicted molar refractivity (Wildman–Crippen MR) is 60.0 cm³/mol. The Morgan fingerprint density at radius 3 is 2.20 bits per heavy atom. The molecule has 0 saturated heterocycles. The molecule has 1 rings (SSSR count). The van der Waals surface area contributed by atoms with Crippen molar-refractivity contribution in [3.8, 4) is 0 Å². The molecular weight excluding hydrogens is 220 g/mol. The van der Waals surface area contributed by atoms with Gasteiger partial charge in [0.1, 0.15) is 11.6 Å². The van der Waals surface area contributed by atoms with Crippen LogP contribution in [0.25, 0.3) is 0 Å². The zero-order chi connectivity index (χ0) is 10.7. The monoisotopic (exact) mass is 233 g/mol. The Labute approximate surface area is 94.4 Å². The van der Waals surface area contributed by atoms with Gasteiger partial charge in [-0.25, -0.2) is 8.78 Å². The van der Waals surface area contributed by atoms with Crippen molar-refractivity contribution in [2.45, 2.75) is 19.4 Å². The van der Waals surface area contributed by atoms with E-state index in [4.69, 9.17) is 5.73 Å². The van der Waals surface area contributed by atoms with Crippen molar-refractivity contribution < 1.29 is 8.78 Å². The van der Waals surface area contributed by atoms with Crippen molar-refractivity contribution in [2.75, 3.05) is 0 Å². The van der Waals surface area contributed by atoms with E-state index in [0.717, 1.165) is 11.6 Å². The summed E-state index contributed by atoms with van der Waals surface area (Å²) in [5.74, 6) is -1.20. The lowest BCUT2D eigenvalue weighted by Crippen LogP contribution is -2.11. The van der Waals surface area contributed by atoms with Gasteiger partial charge >= 0.3 is 0 Å². The molecule has 15 heavy (non-hydrogen) atoms. The lowest BCUT2D eigenvalue weighted by Gasteiger charge is -2.11. The van der Waals surface area contributed by atoms with Crippen LogP contribution in [-0.4, -0.2) is 0 Å². The van der Waals surface area contributed by atoms with Crippen LogP contribution >= 0.6 is 12.4 Å². The van der Waals surface area contributed by atoms with Crippen molar-refractivity contribution in [1.82, 2.24) is 0 Å². The highest BCUT2D eigenvalue weighted by molar-refractivity contribution is 5.85. The van der Waals surface area contributed by atoms with E-state index >= 15 is 0 Å². The second-order valence-electron chi connectivity index (χ2n) is 3.47. The van der Waals surface area contributed by atoms with Gasteiger partial charge in [-0.15, -0.1) is 19.0 Å². The van der Waals surface area contributed by atoms with E-state index in [1.54, 1.807) is 0 Å². The van der Waals surface area contributed by atoms with E-state index in [1.165, 1.54) is 12.1 Å². The van der Waals surface area contributed by atoms with Crippen LogP contribution in [0, 0.1) is 11.6 Å². The maximum Gasteiger partial charge on any atom is 0.126 e. The van der Waals surface area contributed by atoms with Crippen LogP contribution < -0.4 is 5.73 Å². The van der Waals surface area contributed by atoms with E-state index in [2.05, 4.69) is 6.58 Å². The molecule has 0 aliphatic rings. The second-order valence-corrected chi connectivity index (χ2v) is 3.47. The number of nitrogens with two attached hydrogens (primary N) is 1. The quantitative estimate of drug-likeness (QED) is 0.796. The zero-order valence-corrected chi connectivity index (χ0v) is 9.28. The lowest BCUT2D eigenvalue weighted by molar-refractivity contribution is 0.572. The average molecular weight is 234 g/mol. The van der Waals surface area contributed by atoms with Crippen LogP contribution in [0.1, 0.15) is 24.9 Å². The van der Waals surface area contributed by atoms with Gasteiger partial charge in [-0.1, -0.05) is 5.57 Å². The fourth-order valence-corrected chi connectivity index (χ4v) is 1.28. The molecule has 0 fully saturated rings. The zero-order valence-electron chi connectivity index (χ0n) is 8.47. The SMILES string of the molecule is C=C(C)C[C@H](N)c1cc(F)cc(F)c1.Cl. The number of halogens is 3. The van der Waals surface area contributed by atoms with Gasteiger partial charge in [0.05, 0.1) is 0 Å². The molecule has 0 aliphatic heterocycles. The Balaban J connectivity index is 0.00000196. The second kappa shape index (κ2) is 5.83. The molecule has 1 nitrogen and oxygen atoms in total. The third-order valence-corrected chi connectivity index (χ3v) is 1.88. The molecule has 2 N–H and O–H groups in total. The van der Waals surface area contributed by atoms with Crippen molar-refractivity contribution in [3.63, 3.8) is 0 Å². The summed E-state index contributed by atoms with van der Waals surface area (Å²) in [6, 6.07) is 2.93. The Morgan fingerprint density at radius 2 is 1.80 bits per heavy atom. The first-order valence-corrected chi connectivity index (χ1v) is 4.35. The third-order valence-electron chi connectivity index (χ3n) is 1.88. The van der Waals surface area contributed by atoms with Crippen LogP contribution in [-0.2, 0) is 0 Å². The number of hydrogen-bond acceptors (Lipinski definition) is 1. The molecular formula is C11H14ClF2N. The van der Waals surface area contributed by atoms with Crippen LogP contribution in [0.15, 0.2) is 30.4 Å². The molecule has 0 spiro atoms. The maximum atomic E-state index is 12.8. The first-order valence-electron chi connectivity index (χ1n) is 4.35. The van der Waals surface area contributed by atoms with Gasteiger partial charge in [0.25, 0.3) is 0 Å². The molecule has 0 aliphatic carbocycles. The van der Waals surface area contributed by atoms with Crippen LogP contribution in [0.2, 0.25) is 0 Å². The van der Waals surface area contributed by atoms with E-state index in [0.29, 0.717) is 12.0 Å². The first-order chi connectivity index (χ1) is 6.49. The molecule has 0 aromatic heterocycles. The molecule has 4 heteroatoms. The summed E-state index contributed by atoms with van der Waals surface area (Å²) in [6.07, 6.45) is 0.531. The molecule has 0 saturated carbocycles. The van der Waals surface area contributed by atoms with Gasteiger partial charge in [0, 0.05) is 12.1 Å². The summed E-state index contributed by atoms with van der Waals surface area (Å²) >= 11 is 0. The van der Waals surface area contributed by atoms with Gasteiger partial charge in [-0.3, -0.25) is 0 Å². The minimum atomic E-state index is -0.600. The minimum absolute atomic E-state index is 0. The van der Waals surface area contributed by atoms with Gasteiger partial charge in [-0.2, -0.15) is 0 Å². The number of hydrogen-bond donors (Lipinski definition) is 1. The van der Waals surface area contributed by atoms with E-state index in [1.807, 2.05) is 6.92 Å². The summed E-state index contributed by atoms with van der Waals surface area (Å²) in [4.78, 5) is 0. The Kier molecular flexibility index (Phi) is 5.47. The molecule has 1 aromatic rings. The van der Waals surface area contributed by atoms with Crippen molar-refractivity contribution in [2.24, 2.45) is 5.73 Å². The summed E-state index contributed by atoms with van der Waals surface area (Å²) in [6.45, 7) is 5.53. The minimum Gasteiger partial charge on any atom is -0.324 e. The van der Waals surface area contributed by atoms with Crippen molar-refractivity contribution >= 4 is 12.4 Å². The van der Waals surface area contributed by atoms with Crippen LogP contribution in [0.3, 0.4) is 0 Å². The topological polar surface area (TPSA) is 26.0 Å². The molecule has 0 heterocycles. The molecule has 1 atom stereocenters. The fourth-order valence-electron chi connectivity index (χ4n) is 1.28. The molecule has 84 valence electrons. The standard InChI is InChI=1S/C11H13F2N.ClH/c1-7(2)3-11(14)8-4-9(12)6-10(13)5-8;/h4-6,11H,1,3,14H2,2H3;1H/t11-;/m0./s1. The lowest BCUT2D eigenvalue weighted by atomic mass is 10.0. The number of rotatable bonds is 3. The largest absolute Gasteiger partial charge is 0.324 e. The molecule has 1 aromatic carbocycles. The highest BCUT2D eigenvalue weighted by Gasteiger charge is 2.08. The summed E-state index contributed by atoms with van der Waals surface area (Å²) in [7, 11) is 0. The first kappa shape index (κ1) is 14.1. The fraction of sp³-hybridized carbons (Fsp3) is 0.273. The van der Waals surface area contributed by atoms with E-state index in [-0.39, 0.29) is 12.4 Å². The summed E-state index contributed by atoms with van der Waals surface area (Å²) < 4.78 is 25.6. The third kappa shape index (κ3) is 4.40. The van der Waals surface area contributed by atoms with E-state index in [9.17, 15) is 8.78 Å². The maximum absolute atomic E-state index is 12.8. The molecule has 0 amide bonds. The van der Waals surface area contributed by atoms with Gasteiger partial charge < -0.3 is 5.73 Å². The summed E-state index contributed by atoms with van der Waals surface area (Å²) in [5.41, 5.74) is 7.09.